The third-order valence-corrected chi connectivity index (χ3v) is 6.62. The Labute approximate surface area is 255 Å². The van der Waals surface area contributed by atoms with E-state index < -0.39 is 41.8 Å². The highest BCUT2D eigenvalue weighted by molar-refractivity contribution is 5.98. The third-order valence-electron chi connectivity index (χ3n) is 6.62. The Balaban J connectivity index is 1.61. The first-order valence-electron chi connectivity index (χ1n) is 13.6. The Morgan fingerprint density at radius 1 is 1.16 bits per heavy atom. The molecule has 0 fully saturated rings. The van der Waals surface area contributed by atoms with E-state index in [1.165, 1.54) is 47.3 Å². The van der Waals surface area contributed by atoms with Gasteiger partial charge in [-0.05, 0) is 30.7 Å². The molecule has 16 heteroatoms. The Morgan fingerprint density at radius 2 is 1.93 bits per heavy atom. The number of ether oxygens (including phenoxy) is 2. The summed E-state index contributed by atoms with van der Waals surface area (Å²) in [6.07, 6.45) is 4.53. The van der Waals surface area contributed by atoms with Crippen LogP contribution in [-0.4, -0.2) is 64.9 Å². The van der Waals surface area contributed by atoms with Crippen LogP contribution >= 0.6 is 0 Å². The van der Waals surface area contributed by atoms with Crippen molar-refractivity contribution in [2.24, 2.45) is 11.5 Å². The molecular weight excluding hydrogens is 592 g/mol. The Bertz CT molecular complexity index is 1770. The monoisotopic (exact) mass is 621 g/mol. The molecule has 0 aliphatic carbocycles. The molecular formula is C29H29F2N9O5. The smallest absolute Gasteiger partial charge is 0.298 e. The topological polar surface area (TPSA) is 212 Å². The fourth-order valence-electron chi connectivity index (χ4n) is 4.45. The maximum absolute atomic E-state index is 15.0. The normalized spacial score (nSPS) is 11.4. The number of carbonyl (C=O) groups excluding carboxylic acids is 3. The maximum atomic E-state index is 15.0. The Kier molecular flexibility index (Phi) is 10.5. The number of hydrogen-bond acceptors (Lipinski definition) is 11. The predicted octanol–water partition coefficient (Wildman–Crippen LogP) is 1.55. The number of nitrogens with zero attached hydrogens (tertiary/aromatic N) is 4. The molecule has 0 bridgehead atoms. The molecule has 0 radical (unpaired) electrons. The first-order chi connectivity index (χ1) is 21.7. The first-order valence-corrected chi connectivity index (χ1v) is 13.6. The number of imidazole rings is 1. The van der Waals surface area contributed by atoms with Crippen LogP contribution in [0.15, 0.2) is 42.9 Å². The summed E-state index contributed by atoms with van der Waals surface area (Å²) >= 11 is 0. The summed E-state index contributed by atoms with van der Waals surface area (Å²) in [6, 6.07) is 6.40. The van der Waals surface area contributed by atoms with Gasteiger partial charge in [0.25, 0.3) is 12.4 Å². The lowest BCUT2D eigenvalue weighted by Crippen LogP contribution is -2.47. The fourth-order valence-corrected chi connectivity index (χ4v) is 4.45. The van der Waals surface area contributed by atoms with Gasteiger partial charge in [0, 0.05) is 48.7 Å². The molecule has 0 unspecified atom stereocenters. The van der Waals surface area contributed by atoms with Crippen molar-refractivity contribution in [2.45, 2.75) is 19.4 Å². The number of hydrogen-bond donors (Lipinski definition) is 5. The number of nitrogens with one attached hydrogen (secondary N) is 3. The van der Waals surface area contributed by atoms with Crippen molar-refractivity contribution in [1.82, 2.24) is 25.0 Å². The van der Waals surface area contributed by atoms with Crippen molar-refractivity contribution in [3.63, 3.8) is 0 Å². The number of anilines is 2. The van der Waals surface area contributed by atoms with E-state index in [0.29, 0.717) is 12.0 Å². The molecule has 234 valence electrons. The second-order valence-electron chi connectivity index (χ2n) is 9.35. The van der Waals surface area contributed by atoms with E-state index >= 15 is 4.39 Å². The summed E-state index contributed by atoms with van der Waals surface area (Å²) in [6.45, 7) is 1.75. The van der Waals surface area contributed by atoms with E-state index in [1.807, 2.05) is 0 Å². The molecule has 0 saturated heterocycles. The predicted molar refractivity (Wildman–Crippen MR) is 158 cm³/mol. The lowest BCUT2D eigenvalue weighted by atomic mass is 10.0. The number of halogens is 2. The molecule has 2 heterocycles. The average molecular weight is 622 g/mol. The van der Waals surface area contributed by atoms with Gasteiger partial charge in [-0.25, -0.2) is 14.4 Å². The zero-order valence-electron chi connectivity index (χ0n) is 24.0. The van der Waals surface area contributed by atoms with Gasteiger partial charge in [-0.3, -0.25) is 18.8 Å². The van der Waals surface area contributed by atoms with Gasteiger partial charge < -0.3 is 36.9 Å². The van der Waals surface area contributed by atoms with Crippen LogP contribution in [-0.2, 0) is 16.0 Å². The number of carbonyl (C=O) groups is 3. The van der Waals surface area contributed by atoms with E-state index in [9.17, 15) is 18.8 Å². The van der Waals surface area contributed by atoms with Crippen LogP contribution in [0.4, 0.5) is 20.3 Å². The second-order valence-corrected chi connectivity index (χ2v) is 9.35. The number of nitriles is 1. The molecule has 45 heavy (non-hydrogen) atoms. The summed E-state index contributed by atoms with van der Waals surface area (Å²) in [4.78, 5) is 44.9. The van der Waals surface area contributed by atoms with Gasteiger partial charge in [0.05, 0.1) is 23.6 Å². The Hall–Kier alpha value is -5.66. The summed E-state index contributed by atoms with van der Waals surface area (Å²) in [5, 5.41) is 17.0. The molecule has 4 aromatic rings. The number of amides is 2. The number of aromatic nitrogens is 3. The summed E-state index contributed by atoms with van der Waals surface area (Å²) in [7, 11) is 0. The van der Waals surface area contributed by atoms with Gasteiger partial charge in [0.1, 0.15) is 6.07 Å². The number of rotatable bonds is 14. The van der Waals surface area contributed by atoms with E-state index in [-0.39, 0.29) is 65.8 Å². The molecule has 0 saturated carbocycles. The van der Waals surface area contributed by atoms with Crippen molar-refractivity contribution in [2.75, 3.05) is 31.6 Å². The molecule has 2 aromatic carbocycles. The van der Waals surface area contributed by atoms with Crippen molar-refractivity contribution < 1.29 is 32.6 Å². The first kappa shape index (κ1) is 32.3. The van der Waals surface area contributed by atoms with Gasteiger partial charge in [-0.15, -0.1) is 0 Å². The zero-order chi connectivity index (χ0) is 32.5. The number of fused-ring (bicyclic) bond motifs is 1. The van der Waals surface area contributed by atoms with Gasteiger partial charge in [0.2, 0.25) is 11.7 Å². The van der Waals surface area contributed by atoms with E-state index in [1.54, 1.807) is 13.0 Å². The quantitative estimate of drug-likeness (QED) is 0.101. The molecule has 0 aliphatic heterocycles. The minimum Gasteiger partial charge on any atom is -0.476 e. The molecule has 0 aliphatic rings. The fraction of sp³-hybridized carbons (Fsp3) is 0.241. The van der Waals surface area contributed by atoms with E-state index in [4.69, 9.17) is 26.2 Å². The number of benzene rings is 2. The van der Waals surface area contributed by atoms with Crippen LogP contribution in [0.25, 0.3) is 16.9 Å². The molecule has 14 nitrogen and oxygen atoms in total. The van der Waals surface area contributed by atoms with Crippen molar-refractivity contribution in [1.29, 1.82) is 5.26 Å². The average Bonchev–Trinajstić information content (AvgIpc) is 3.48. The van der Waals surface area contributed by atoms with Gasteiger partial charge in [-0.2, -0.15) is 9.65 Å². The zero-order valence-corrected chi connectivity index (χ0v) is 24.0. The Morgan fingerprint density at radius 3 is 2.64 bits per heavy atom. The van der Waals surface area contributed by atoms with Crippen LogP contribution in [0.5, 0.6) is 11.5 Å². The minimum absolute atomic E-state index is 0.0170. The summed E-state index contributed by atoms with van der Waals surface area (Å²) in [5.74, 6) is -3.51. The molecule has 2 aromatic heterocycles. The van der Waals surface area contributed by atoms with Crippen molar-refractivity contribution in [3.05, 3.63) is 65.6 Å². The van der Waals surface area contributed by atoms with Gasteiger partial charge in [-0.1, -0.05) is 6.92 Å². The second kappa shape index (κ2) is 14.7. The highest BCUT2D eigenvalue weighted by Crippen LogP contribution is 2.36. The maximum Gasteiger partial charge on any atom is 0.298 e. The van der Waals surface area contributed by atoms with E-state index in [0.717, 1.165) is 0 Å². The highest BCUT2D eigenvalue weighted by Gasteiger charge is 2.22. The largest absolute Gasteiger partial charge is 0.476 e. The lowest BCUT2D eigenvalue weighted by Gasteiger charge is -2.17. The van der Waals surface area contributed by atoms with Crippen LogP contribution in [0.1, 0.15) is 22.8 Å². The van der Waals surface area contributed by atoms with Crippen molar-refractivity contribution in [3.8, 4) is 28.8 Å². The molecule has 2 amide bonds. The van der Waals surface area contributed by atoms with Crippen LogP contribution in [0, 0.1) is 23.0 Å². The summed E-state index contributed by atoms with van der Waals surface area (Å²) in [5.41, 5.74) is 12.2. The van der Waals surface area contributed by atoms with E-state index in [2.05, 4.69) is 25.9 Å². The van der Waals surface area contributed by atoms with Crippen LogP contribution < -0.4 is 36.9 Å². The lowest BCUT2D eigenvalue weighted by molar-refractivity contribution is -0.122. The molecule has 4 rings (SSSR count). The van der Waals surface area contributed by atoms with Crippen LogP contribution in [0.2, 0.25) is 0 Å². The van der Waals surface area contributed by atoms with Gasteiger partial charge >= 0.3 is 0 Å². The van der Waals surface area contributed by atoms with Crippen LogP contribution in [0.3, 0.4) is 0 Å². The number of nitrogens with two attached hydrogens (primary N) is 2. The SMILES string of the molecule is CCc1c(C(=O)NCCNC(=O)[C@@H](N)CN)ccc(Nc2nccn3c(-c4ccc(OCC#N)c(F)c4F)cnc23)c1OC=O. The molecule has 7 N–H and O–H groups in total. The standard InChI is InChI=1S/C29H29F2N9O5/c1-2-16-17(28(42)36-8-9-37-29(43)19(34)13-33)3-5-20(25(16)45-15-41)39-26-27-38-14-21(40(27)11-10-35-26)18-4-6-22(44-12-7-32)24(31)23(18)30/h3-6,10-11,14-15,19H,2,8-9,12-13,33-34H2,1H3,(H,35,39)(H,36,42)(H,37,43)/t19-/m0/s1. The summed E-state index contributed by atoms with van der Waals surface area (Å²) < 4.78 is 41.3. The molecule has 1 atom stereocenters. The molecule has 0 spiro atoms. The van der Waals surface area contributed by atoms with Gasteiger partial charge in [0.15, 0.2) is 35.4 Å². The van der Waals surface area contributed by atoms with Crippen molar-refractivity contribution >= 4 is 35.4 Å². The third kappa shape index (κ3) is 6.95. The highest BCUT2D eigenvalue weighted by atomic mass is 19.2. The minimum atomic E-state index is -1.25.